The zero-order valence-electron chi connectivity index (χ0n) is 15.6. The average molecular weight is 399 g/mol. The van der Waals surface area contributed by atoms with Gasteiger partial charge in [0.1, 0.15) is 11.6 Å². The Balaban J connectivity index is 1.45. The molecular weight excluding hydrogens is 374 g/mol. The van der Waals surface area contributed by atoms with E-state index in [1.807, 2.05) is 0 Å². The van der Waals surface area contributed by atoms with Gasteiger partial charge < -0.3 is 10.2 Å². The highest BCUT2D eigenvalue weighted by Crippen LogP contribution is 2.22. The van der Waals surface area contributed by atoms with Gasteiger partial charge in [-0.25, -0.2) is 22.4 Å². The summed E-state index contributed by atoms with van der Waals surface area (Å²) in [5, 5.41) is 2.99. The summed E-state index contributed by atoms with van der Waals surface area (Å²) in [6.07, 6.45) is 1.87. The fraction of sp³-hybridized carbons (Fsp3) is 0.550. The van der Waals surface area contributed by atoms with E-state index in [1.165, 1.54) is 6.07 Å². The molecule has 0 atom stereocenters. The number of nitrogens with one attached hydrogen (secondary N) is 1. The molecule has 1 N–H and O–H groups in total. The number of carbonyl (C=O) groups excluding carboxylic acids is 1. The molecule has 0 aliphatic carbocycles. The third-order valence-corrected chi connectivity index (χ3v) is 5.32. The zero-order valence-corrected chi connectivity index (χ0v) is 15.6. The van der Waals surface area contributed by atoms with E-state index in [2.05, 4.69) is 5.32 Å². The van der Waals surface area contributed by atoms with Gasteiger partial charge in [-0.3, -0.25) is 4.90 Å². The first-order chi connectivity index (χ1) is 13.4. The van der Waals surface area contributed by atoms with Crippen LogP contribution in [0.15, 0.2) is 23.8 Å². The molecule has 28 heavy (non-hydrogen) atoms. The van der Waals surface area contributed by atoms with Gasteiger partial charge in [0, 0.05) is 37.8 Å². The lowest BCUT2D eigenvalue weighted by molar-refractivity contribution is 0.0730. The third kappa shape index (κ3) is 5.70. The van der Waals surface area contributed by atoms with Crippen molar-refractivity contribution in [1.82, 2.24) is 15.1 Å². The van der Waals surface area contributed by atoms with E-state index in [-0.39, 0.29) is 24.2 Å². The van der Waals surface area contributed by atoms with Crippen molar-refractivity contribution < 1.29 is 22.4 Å². The van der Waals surface area contributed by atoms with Crippen molar-refractivity contribution in [2.45, 2.75) is 38.2 Å². The number of amides is 2. The largest absolute Gasteiger partial charge is 0.335 e. The van der Waals surface area contributed by atoms with Crippen molar-refractivity contribution in [2.75, 3.05) is 32.7 Å². The Bertz CT molecular complexity index is 707. The molecule has 2 saturated heterocycles. The molecule has 0 spiro atoms. The summed E-state index contributed by atoms with van der Waals surface area (Å²) in [6.45, 7) is 1.92. The number of hydrogen-bond acceptors (Lipinski definition) is 2. The summed E-state index contributed by atoms with van der Waals surface area (Å²) in [5.41, 5.74) is 1.21. The van der Waals surface area contributed by atoms with Crippen molar-refractivity contribution in [3.63, 3.8) is 0 Å². The van der Waals surface area contributed by atoms with Crippen LogP contribution in [0.3, 0.4) is 0 Å². The molecule has 2 amide bonds. The molecule has 3 rings (SSSR count). The molecule has 0 aromatic heterocycles. The highest BCUT2D eigenvalue weighted by atomic mass is 19.3. The quantitative estimate of drug-likeness (QED) is 0.780. The minimum Gasteiger partial charge on any atom is -0.335 e. The summed E-state index contributed by atoms with van der Waals surface area (Å²) in [6, 6.07) is 3.21. The first kappa shape index (κ1) is 20.6. The van der Waals surface area contributed by atoms with E-state index in [4.69, 9.17) is 0 Å². The van der Waals surface area contributed by atoms with Crippen molar-refractivity contribution in [3.8, 4) is 0 Å². The Morgan fingerprint density at radius 2 is 1.82 bits per heavy atom. The lowest BCUT2D eigenvalue weighted by Gasteiger charge is -2.34. The number of carbonyl (C=O) groups is 1. The van der Waals surface area contributed by atoms with Crippen molar-refractivity contribution in [2.24, 2.45) is 0 Å². The maximum absolute atomic E-state index is 13.8. The number of nitrogens with zero attached hydrogens (tertiary/aromatic N) is 2. The number of hydrogen-bond donors (Lipinski definition) is 1. The van der Waals surface area contributed by atoms with Crippen LogP contribution in [-0.4, -0.2) is 61.0 Å². The summed E-state index contributed by atoms with van der Waals surface area (Å²) in [7, 11) is 0. The minimum absolute atomic E-state index is 0.000230. The van der Waals surface area contributed by atoms with E-state index in [0.29, 0.717) is 51.9 Å². The smallest absolute Gasteiger partial charge is 0.317 e. The third-order valence-electron chi connectivity index (χ3n) is 5.32. The maximum atomic E-state index is 13.8. The van der Waals surface area contributed by atoms with E-state index >= 15 is 0 Å². The van der Waals surface area contributed by atoms with Crippen molar-refractivity contribution >= 4 is 12.1 Å². The lowest BCUT2D eigenvalue weighted by atomic mass is 10.0. The highest BCUT2D eigenvalue weighted by Gasteiger charge is 2.25. The Hall–Kier alpha value is -2.09. The van der Waals surface area contributed by atoms with Crippen LogP contribution in [0, 0.1) is 11.6 Å². The number of rotatable bonds is 4. The topological polar surface area (TPSA) is 35.6 Å². The average Bonchev–Trinajstić information content (AvgIpc) is 2.66. The van der Waals surface area contributed by atoms with Crippen molar-refractivity contribution in [1.29, 1.82) is 0 Å². The molecule has 1 aromatic carbocycles. The molecule has 4 nitrogen and oxygen atoms in total. The Morgan fingerprint density at radius 1 is 1.14 bits per heavy atom. The van der Waals surface area contributed by atoms with Gasteiger partial charge in [-0.1, -0.05) is 11.6 Å². The molecule has 154 valence electrons. The molecule has 0 unspecified atom stereocenters. The zero-order chi connectivity index (χ0) is 20.1. The second-order valence-corrected chi connectivity index (χ2v) is 7.37. The van der Waals surface area contributed by atoms with Crippen LogP contribution >= 0.6 is 0 Å². The number of likely N-dealkylation sites (tertiary alicyclic amines) is 2. The van der Waals surface area contributed by atoms with E-state index in [0.717, 1.165) is 17.7 Å². The molecular formula is C20H25F4N3O. The first-order valence-corrected chi connectivity index (χ1v) is 9.61. The Kier molecular flexibility index (Phi) is 6.93. The Labute approximate surface area is 162 Å². The molecule has 1 aromatic rings. The van der Waals surface area contributed by atoms with Crippen LogP contribution < -0.4 is 5.32 Å². The van der Waals surface area contributed by atoms with Gasteiger partial charge in [-0.2, -0.15) is 0 Å². The monoisotopic (exact) mass is 399 g/mol. The standard InChI is InChI=1S/C20H25F4N3O/c21-16-1-2-18(22)15(12-16)11-14-3-9-27(10-4-14)20(28)25-17-5-7-26(8-6-17)13-19(23)24/h1-2,11-12,17,19H,3-10,13H2,(H,25,28). The lowest BCUT2D eigenvalue weighted by Crippen LogP contribution is -2.50. The van der Waals surface area contributed by atoms with Crippen LogP contribution in [0.2, 0.25) is 0 Å². The van der Waals surface area contributed by atoms with Gasteiger partial charge >= 0.3 is 6.03 Å². The molecule has 0 radical (unpaired) electrons. The maximum Gasteiger partial charge on any atom is 0.317 e. The molecule has 2 aliphatic rings. The van der Waals surface area contributed by atoms with Crippen LogP contribution in [0.25, 0.3) is 6.08 Å². The van der Waals surface area contributed by atoms with Gasteiger partial charge in [-0.15, -0.1) is 0 Å². The number of alkyl halides is 2. The normalized spacial score (nSPS) is 19.2. The fourth-order valence-electron chi connectivity index (χ4n) is 3.71. The Morgan fingerprint density at radius 3 is 2.46 bits per heavy atom. The number of benzene rings is 1. The first-order valence-electron chi connectivity index (χ1n) is 9.61. The van der Waals surface area contributed by atoms with Crippen molar-refractivity contribution in [3.05, 3.63) is 41.0 Å². The van der Waals surface area contributed by atoms with Gasteiger partial charge in [-0.05, 0) is 43.9 Å². The van der Waals surface area contributed by atoms with Gasteiger partial charge in [0.25, 0.3) is 6.43 Å². The van der Waals surface area contributed by atoms with E-state index in [9.17, 15) is 22.4 Å². The summed E-state index contributed by atoms with van der Waals surface area (Å²) < 4.78 is 51.9. The predicted octanol–water partition coefficient (Wildman–Crippen LogP) is 3.88. The molecule has 8 heteroatoms. The highest BCUT2D eigenvalue weighted by molar-refractivity contribution is 5.75. The minimum atomic E-state index is -2.33. The fourth-order valence-corrected chi connectivity index (χ4v) is 3.71. The summed E-state index contributed by atoms with van der Waals surface area (Å²) >= 11 is 0. The van der Waals surface area contributed by atoms with Gasteiger partial charge in [0.15, 0.2) is 0 Å². The van der Waals surface area contributed by atoms with Crippen LogP contribution in [-0.2, 0) is 0 Å². The molecule has 2 aliphatic heterocycles. The summed E-state index contributed by atoms with van der Waals surface area (Å²) in [5.74, 6) is -0.947. The molecule has 0 bridgehead atoms. The van der Waals surface area contributed by atoms with E-state index < -0.39 is 18.1 Å². The second-order valence-electron chi connectivity index (χ2n) is 7.37. The van der Waals surface area contributed by atoms with Gasteiger partial charge in [0.2, 0.25) is 0 Å². The molecule has 2 heterocycles. The predicted molar refractivity (Wildman–Crippen MR) is 99.1 cm³/mol. The molecule has 2 fully saturated rings. The number of piperidine rings is 2. The SMILES string of the molecule is O=C(NC1CCN(CC(F)F)CC1)N1CCC(=Cc2cc(F)ccc2F)CC1. The second kappa shape index (κ2) is 9.41. The van der Waals surface area contributed by atoms with E-state index in [1.54, 1.807) is 15.9 Å². The molecule has 0 saturated carbocycles. The number of urea groups is 1. The number of halogens is 4. The van der Waals surface area contributed by atoms with Gasteiger partial charge in [0.05, 0.1) is 6.54 Å². The van der Waals surface area contributed by atoms with Crippen LogP contribution in [0.4, 0.5) is 22.4 Å². The summed E-state index contributed by atoms with van der Waals surface area (Å²) in [4.78, 5) is 15.9. The van der Waals surface area contributed by atoms with Crippen LogP contribution in [0.5, 0.6) is 0 Å². The van der Waals surface area contributed by atoms with Crippen LogP contribution in [0.1, 0.15) is 31.2 Å².